The summed E-state index contributed by atoms with van der Waals surface area (Å²) in [6, 6.07) is 15.9. The molecule has 0 bridgehead atoms. The summed E-state index contributed by atoms with van der Waals surface area (Å²) in [4.78, 5) is 10.6. The number of thiophene rings is 1. The van der Waals surface area contributed by atoms with Crippen LogP contribution in [0.5, 0.6) is 5.75 Å². The minimum atomic E-state index is -0.773. The van der Waals surface area contributed by atoms with Gasteiger partial charge in [0.2, 0.25) is 0 Å². The molecule has 0 atom stereocenters. The molecule has 1 heterocycles. The fourth-order valence-electron chi connectivity index (χ4n) is 2.31. The van der Waals surface area contributed by atoms with E-state index in [1.807, 2.05) is 36.4 Å². The second kappa shape index (κ2) is 6.62. The molecule has 0 saturated heterocycles. The Hall–Kier alpha value is -2.33. The Morgan fingerprint density at radius 3 is 2.64 bits per heavy atom. The topological polar surface area (TPSA) is 46.5 Å². The molecule has 3 rings (SSSR count). The van der Waals surface area contributed by atoms with Crippen molar-refractivity contribution in [2.45, 2.75) is 19.4 Å². The van der Waals surface area contributed by atoms with Crippen molar-refractivity contribution in [1.29, 1.82) is 0 Å². The Labute approximate surface area is 132 Å². The molecule has 0 fully saturated rings. The second-order valence-corrected chi connectivity index (χ2v) is 5.99. The summed E-state index contributed by atoms with van der Waals surface area (Å²) in [5.74, 6) is 0.0269. The molecule has 0 unspecified atom stereocenters. The van der Waals surface area contributed by atoms with Gasteiger partial charge in [-0.1, -0.05) is 30.3 Å². The van der Waals surface area contributed by atoms with E-state index in [1.165, 1.54) is 15.6 Å². The predicted octanol–water partition coefficient (Wildman–Crippen LogP) is 4.50. The van der Waals surface area contributed by atoms with Crippen molar-refractivity contribution >= 4 is 27.4 Å². The van der Waals surface area contributed by atoms with Crippen molar-refractivity contribution < 1.29 is 14.6 Å². The van der Waals surface area contributed by atoms with Crippen LogP contribution < -0.4 is 4.74 Å². The van der Waals surface area contributed by atoms with Crippen LogP contribution in [0, 0.1) is 0 Å². The monoisotopic (exact) mass is 312 g/mol. The first-order valence-electron chi connectivity index (χ1n) is 7.11. The number of benzene rings is 2. The molecule has 0 aliphatic heterocycles. The molecular weight excluding hydrogens is 296 g/mol. The van der Waals surface area contributed by atoms with Crippen LogP contribution in [0.2, 0.25) is 0 Å². The fraction of sp³-hybridized carbons (Fsp3) is 0.167. The highest BCUT2D eigenvalue weighted by Crippen LogP contribution is 2.26. The molecule has 0 spiro atoms. The summed E-state index contributed by atoms with van der Waals surface area (Å²) >= 11 is 1.73. The Morgan fingerprint density at radius 2 is 1.86 bits per heavy atom. The summed E-state index contributed by atoms with van der Waals surface area (Å²) in [6.45, 7) is 0.540. The largest absolute Gasteiger partial charge is 0.489 e. The Morgan fingerprint density at radius 1 is 1.09 bits per heavy atom. The lowest BCUT2D eigenvalue weighted by Crippen LogP contribution is -1.98. The number of fused-ring (bicyclic) bond motifs is 1. The average molecular weight is 312 g/mol. The van der Waals surface area contributed by atoms with Crippen LogP contribution in [0.4, 0.5) is 0 Å². The number of aryl methyl sites for hydroxylation is 1. The van der Waals surface area contributed by atoms with E-state index in [9.17, 15) is 4.79 Å². The smallest absolute Gasteiger partial charge is 0.303 e. The number of hydrogen-bond acceptors (Lipinski definition) is 3. The minimum Gasteiger partial charge on any atom is -0.489 e. The molecule has 0 radical (unpaired) electrons. The Balaban J connectivity index is 1.63. The van der Waals surface area contributed by atoms with Crippen molar-refractivity contribution in [3.05, 3.63) is 65.0 Å². The van der Waals surface area contributed by atoms with Gasteiger partial charge in [0, 0.05) is 16.7 Å². The van der Waals surface area contributed by atoms with Gasteiger partial charge in [0.25, 0.3) is 0 Å². The standard InChI is InChI=1S/C18H16O3S/c19-18(20)10-7-13-5-8-15(9-6-13)21-11-14-12-22-17-4-2-1-3-16(14)17/h1-6,8-9,12H,7,10-11H2,(H,19,20). The van der Waals surface area contributed by atoms with Crippen LogP contribution in [-0.2, 0) is 17.8 Å². The van der Waals surface area contributed by atoms with E-state index in [1.54, 1.807) is 11.3 Å². The number of aliphatic carboxylic acids is 1. The second-order valence-electron chi connectivity index (χ2n) is 5.08. The molecule has 2 aromatic carbocycles. The third kappa shape index (κ3) is 3.46. The number of rotatable bonds is 6. The number of ether oxygens (including phenoxy) is 1. The molecule has 0 aliphatic carbocycles. The van der Waals surface area contributed by atoms with E-state index in [2.05, 4.69) is 17.5 Å². The summed E-state index contributed by atoms with van der Waals surface area (Å²) in [5.41, 5.74) is 2.20. The SMILES string of the molecule is O=C(O)CCc1ccc(OCc2csc3ccccc23)cc1. The van der Waals surface area contributed by atoms with Crippen LogP contribution in [-0.4, -0.2) is 11.1 Å². The van der Waals surface area contributed by atoms with Crippen LogP contribution in [0.1, 0.15) is 17.5 Å². The van der Waals surface area contributed by atoms with Crippen molar-refractivity contribution in [3.63, 3.8) is 0 Å². The van der Waals surface area contributed by atoms with Crippen molar-refractivity contribution in [2.24, 2.45) is 0 Å². The van der Waals surface area contributed by atoms with Crippen LogP contribution >= 0.6 is 11.3 Å². The maximum absolute atomic E-state index is 10.6. The zero-order valence-electron chi connectivity index (χ0n) is 12.0. The quantitative estimate of drug-likeness (QED) is 0.729. The highest BCUT2D eigenvalue weighted by Gasteiger charge is 2.04. The molecule has 22 heavy (non-hydrogen) atoms. The third-order valence-electron chi connectivity index (χ3n) is 3.51. The zero-order valence-corrected chi connectivity index (χ0v) is 12.8. The van der Waals surface area contributed by atoms with Gasteiger partial charge in [0.05, 0.1) is 0 Å². The minimum absolute atomic E-state index is 0.154. The number of carboxylic acid groups (broad SMARTS) is 1. The van der Waals surface area contributed by atoms with E-state index in [4.69, 9.17) is 9.84 Å². The van der Waals surface area contributed by atoms with E-state index in [-0.39, 0.29) is 6.42 Å². The molecule has 0 aliphatic rings. The van der Waals surface area contributed by atoms with Gasteiger partial charge in [-0.3, -0.25) is 4.79 Å². The first-order valence-corrected chi connectivity index (χ1v) is 7.99. The van der Waals surface area contributed by atoms with Crippen molar-refractivity contribution in [3.8, 4) is 5.75 Å². The van der Waals surface area contributed by atoms with Crippen molar-refractivity contribution in [2.75, 3.05) is 0 Å². The van der Waals surface area contributed by atoms with Gasteiger partial charge in [-0.15, -0.1) is 11.3 Å². The first-order chi connectivity index (χ1) is 10.7. The molecule has 0 amide bonds. The summed E-state index contributed by atoms with van der Waals surface area (Å²) in [7, 11) is 0. The molecule has 1 N–H and O–H groups in total. The third-order valence-corrected chi connectivity index (χ3v) is 4.52. The number of carbonyl (C=O) groups is 1. The van der Waals surface area contributed by atoms with E-state index in [0.717, 1.165) is 11.3 Å². The molecular formula is C18H16O3S. The van der Waals surface area contributed by atoms with E-state index >= 15 is 0 Å². The van der Waals surface area contributed by atoms with Crippen LogP contribution in [0.3, 0.4) is 0 Å². The van der Waals surface area contributed by atoms with Gasteiger partial charge < -0.3 is 9.84 Å². The highest BCUT2D eigenvalue weighted by molar-refractivity contribution is 7.17. The lowest BCUT2D eigenvalue weighted by Gasteiger charge is -2.06. The highest BCUT2D eigenvalue weighted by atomic mass is 32.1. The van der Waals surface area contributed by atoms with E-state index in [0.29, 0.717) is 13.0 Å². The lowest BCUT2D eigenvalue weighted by atomic mass is 10.1. The molecule has 0 saturated carbocycles. The lowest BCUT2D eigenvalue weighted by molar-refractivity contribution is -0.136. The van der Waals surface area contributed by atoms with Gasteiger partial charge in [0.15, 0.2) is 0 Å². The van der Waals surface area contributed by atoms with Gasteiger partial charge in [-0.2, -0.15) is 0 Å². The Kier molecular flexibility index (Phi) is 4.39. The van der Waals surface area contributed by atoms with Gasteiger partial charge >= 0.3 is 5.97 Å². The summed E-state index contributed by atoms with van der Waals surface area (Å²) < 4.78 is 7.10. The number of carboxylic acids is 1. The normalized spacial score (nSPS) is 10.7. The van der Waals surface area contributed by atoms with Gasteiger partial charge in [0.1, 0.15) is 12.4 Å². The molecule has 112 valence electrons. The maximum atomic E-state index is 10.6. The molecule has 3 aromatic rings. The first kappa shape index (κ1) is 14.6. The van der Waals surface area contributed by atoms with Crippen molar-refractivity contribution in [1.82, 2.24) is 0 Å². The number of hydrogen-bond donors (Lipinski definition) is 1. The zero-order chi connectivity index (χ0) is 15.4. The van der Waals surface area contributed by atoms with Crippen LogP contribution in [0.25, 0.3) is 10.1 Å². The maximum Gasteiger partial charge on any atom is 0.303 e. The fourth-order valence-corrected chi connectivity index (χ4v) is 3.26. The van der Waals surface area contributed by atoms with Gasteiger partial charge in [-0.25, -0.2) is 0 Å². The predicted molar refractivity (Wildman–Crippen MR) is 88.6 cm³/mol. The molecule has 3 nitrogen and oxygen atoms in total. The molecule has 4 heteroatoms. The molecule has 1 aromatic heterocycles. The summed E-state index contributed by atoms with van der Waals surface area (Å²) in [5, 5.41) is 12.1. The van der Waals surface area contributed by atoms with E-state index < -0.39 is 5.97 Å². The average Bonchev–Trinajstić information content (AvgIpc) is 2.95. The van der Waals surface area contributed by atoms with Gasteiger partial charge in [-0.05, 0) is 40.9 Å². The Bertz CT molecular complexity index is 774. The van der Waals surface area contributed by atoms with Crippen LogP contribution in [0.15, 0.2) is 53.9 Å². The summed E-state index contributed by atoms with van der Waals surface area (Å²) in [6.07, 6.45) is 0.700.